The molecule has 6 heteroatoms. The molecule has 2 rings (SSSR count). The van der Waals surface area contributed by atoms with E-state index in [0.717, 1.165) is 12.8 Å². The molecular weight excluding hydrogens is 251 g/mol. The van der Waals surface area contributed by atoms with Gasteiger partial charge in [-0.1, -0.05) is 6.92 Å². The molecule has 5 nitrogen and oxygen atoms in total. The highest BCUT2D eigenvalue weighted by atomic mass is 19.1. The zero-order chi connectivity index (χ0) is 14.0. The minimum Gasteiger partial charge on any atom is -0.480 e. The van der Waals surface area contributed by atoms with Crippen LogP contribution >= 0.6 is 0 Å². The number of pyridine rings is 1. The number of hydrogen-bond acceptors (Lipinski definition) is 3. The lowest BCUT2D eigenvalue weighted by Gasteiger charge is -2.37. The summed E-state index contributed by atoms with van der Waals surface area (Å²) in [4.78, 5) is 28.2. The Morgan fingerprint density at radius 1 is 1.53 bits per heavy atom. The van der Waals surface area contributed by atoms with E-state index in [4.69, 9.17) is 0 Å². The van der Waals surface area contributed by atoms with Gasteiger partial charge in [0.05, 0.1) is 5.56 Å². The highest BCUT2D eigenvalue weighted by Crippen LogP contribution is 2.25. The Labute approximate surface area is 110 Å². The summed E-state index contributed by atoms with van der Waals surface area (Å²) in [5.41, 5.74) is -0.178. The first-order chi connectivity index (χ1) is 9.02. The molecule has 0 aromatic carbocycles. The first-order valence-corrected chi connectivity index (χ1v) is 6.16. The van der Waals surface area contributed by atoms with Gasteiger partial charge < -0.3 is 10.0 Å². The number of carboxylic acid groups (broad SMARTS) is 1. The van der Waals surface area contributed by atoms with Crippen molar-refractivity contribution in [2.75, 3.05) is 6.54 Å². The first kappa shape index (κ1) is 13.5. The van der Waals surface area contributed by atoms with E-state index in [1.807, 2.05) is 0 Å². The van der Waals surface area contributed by atoms with Crippen LogP contribution in [-0.4, -0.2) is 39.5 Å². The molecule has 1 aliphatic heterocycles. The third-order valence-electron chi connectivity index (χ3n) is 3.44. The SMILES string of the molecule is CC1CCCN(C(=O)c2cccnc2F)C1C(=O)O. The maximum Gasteiger partial charge on any atom is 0.326 e. The zero-order valence-corrected chi connectivity index (χ0v) is 10.5. The van der Waals surface area contributed by atoms with Gasteiger partial charge in [-0.05, 0) is 30.9 Å². The van der Waals surface area contributed by atoms with Crippen LogP contribution in [0.25, 0.3) is 0 Å². The molecule has 0 radical (unpaired) electrons. The number of amides is 1. The lowest BCUT2D eigenvalue weighted by molar-refractivity contribution is -0.145. The summed E-state index contributed by atoms with van der Waals surface area (Å²) >= 11 is 0. The van der Waals surface area contributed by atoms with Gasteiger partial charge in [0.25, 0.3) is 5.91 Å². The smallest absolute Gasteiger partial charge is 0.326 e. The standard InChI is InChI=1S/C13H15FN2O3/c1-8-4-3-7-16(10(8)13(18)19)12(17)9-5-2-6-15-11(9)14/h2,5-6,8,10H,3-4,7H2,1H3,(H,18,19). The molecular formula is C13H15FN2O3. The molecule has 1 saturated heterocycles. The Kier molecular flexibility index (Phi) is 3.78. The molecule has 2 atom stereocenters. The van der Waals surface area contributed by atoms with Crippen molar-refractivity contribution < 1.29 is 19.1 Å². The number of likely N-dealkylation sites (tertiary alicyclic amines) is 1. The van der Waals surface area contributed by atoms with Gasteiger partial charge in [-0.25, -0.2) is 9.78 Å². The van der Waals surface area contributed by atoms with E-state index in [1.54, 1.807) is 6.92 Å². The second-order valence-corrected chi connectivity index (χ2v) is 4.74. The van der Waals surface area contributed by atoms with E-state index < -0.39 is 23.9 Å². The number of rotatable bonds is 2. The predicted molar refractivity (Wildman–Crippen MR) is 65.1 cm³/mol. The maximum atomic E-state index is 13.5. The van der Waals surface area contributed by atoms with Gasteiger partial charge in [-0.3, -0.25) is 4.79 Å². The maximum absolute atomic E-state index is 13.5. The third-order valence-corrected chi connectivity index (χ3v) is 3.44. The Hall–Kier alpha value is -1.98. The van der Waals surface area contributed by atoms with Crippen molar-refractivity contribution in [3.05, 3.63) is 29.8 Å². The lowest BCUT2D eigenvalue weighted by atomic mass is 9.90. The fourth-order valence-corrected chi connectivity index (χ4v) is 2.49. The van der Waals surface area contributed by atoms with Gasteiger partial charge in [0.1, 0.15) is 6.04 Å². The number of hydrogen-bond donors (Lipinski definition) is 1. The second-order valence-electron chi connectivity index (χ2n) is 4.74. The van der Waals surface area contributed by atoms with Crippen molar-refractivity contribution in [2.24, 2.45) is 5.92 Å². The molecule has 0 aliphatic carbocycles. The molecule has 0 saturated carbocycles. The Morgan fingerprint density at radius 2 is 2.26 bits per heavy atom. The van der Waals surface area contributed by atoms with Crippen molar-refractivity contribution in [3.8, 4) is 0 Å². The molecule has 0 bridgehead atoms. The molecule has 1 fully saturated rings. The molecule has 2 heterocycles. The van der Waals surface area contributed by atoms with Gasteiger partial charge in [-0.15, -0.1) is 0 Å². The highest BCUT2D eigenvalue weighted by molar-refractivity contribution is 5.96. The molecule has 0 spiro atoms. The van der Waals surface area contributed by atoms with E-state index in [0.29, 0.717) is 6.54 Å². The fraction of sp³-hybridized carbons (Fsp3) is 0.462. The summed E-state index contributed by atoms with van der Waals surface area (Å²) in [6, 6.07) is 1.88. The number of nitrogens with zero attached hydrogens (tertiary/aromatic N) is 2. The molecule has 2 unspecified atom stereocenters. The molecule has 1 aromatic rings. The van der Waals surface area contributed by atoms with E-state index >= 15 is 0 Å². The summed E-state index contributed by atoms with van der Waals surface area (Å²) < 4.78 is 13.5. The van der Waals surface area contributed by atoms with Crippen LogP contribution < -0.4 is 0 Å². The summed E-state index contributed by atoms with van der Waals surface area (Å²) in [7, 11) is 0. The number of aromatic nitrogens is 1. The zero-order valence-electron chi connectivity index (χ0n) is 10.5. The highest BCUT2D eigenvalue weighted by Gasteiger charge is 2.38. The molecule has 102 valence electrons. The minimum atomic E-state index is -1.05. The van der Waals surface area contributed by atoms with E-state index in [1.165, 1.54) is 23.2 Å². The van der Waals surface area contributed by atoms with Gasteiger partial charge >= 0.3 is 5.97 Å². The molecule has 1 aliphatic rings. The van der Waals surface area contributed by atoms with E-state index in [2.05, 4.69) is 4.98 Å². The fourth-order valence-electron chi connectivity index (χ4n) is 2.49. The quantitative estimate of drug-likeness (QED) is 0.824. The van der Waals surface area contributed by atoms with Crippen molar-refractivity contribution in [1.29, 1.82) is 0 Å². The monoisotopic (exact) mass is 266 g/mol. The predicted octanol–water partition coefficient (Wildman–Crippen LogP) is 1.55. The number of carbonyl (C=O) groups excluding carboxylic acids is 1. The topological polar surface area (TPSA) is 70.5 Å². The van der Waals surface area contributed by atoms with Crippen LogP contribution in [0.3, 0.4) is 0 Å². The molecule has 19 heavy (non-hydrogen) atoms. The Balaban J connectivity index is 2.31. The van der Waals surface area contributed by atoms with Crippen LogP contribution in [0, 0.1) is 11.9 Å². The van der Waals surface area contributed by atoms with Crippen molar-refractivity contribution in [3.63, 3.8) is 0 Å². The number of aliphatic carboxylic acids is 1. The van der Waals surface area contributed by atoms with Crippen LogP contribution in [0.5, 0.6) is 0 Å². The molecule has 1 amide bonds. The average molecular weight is 266 g/mol. The second kappa shape index (κ2) is 5.34. The number of carboxylic acids is 1. The van der Waals surface area contributed by atoms with Crippen LogP contribution in [0.15, 0.2) is 18.3 Å². The Morgan fingerprint density at radius 3 is 2.89 bits per heavy atom. The van der Waals surface area contributed by atoms with Crippen molar-refractivity contribution >= 4 is 11.9 Å². The third kappa shape index (κ3) is 2.57. The van der Waals surface area contributed by atoms with Crippen molar-refractivity contribution in [1.82, 2.24) is 9.88 Å². The van der Waals surface area contributed by atoms with E-state index in [-0.39, 0.29) is 11.5 Å². The largest absolute Gasteiger partial charge is 0.480 e. The van der Waals surface area contributed by atoms with Crippen LogP contribution in [0.2, 0.25) is 0 Å². The first-order valence-electron chi connectivity index (χ1n) is 6.16. The number of piperidine rings is 1. The molecule has 1 aromatic heterocycles. The Bertz CT molecular complexity index is 506. The van der Waals surface area contributed by atoms with Gasteiger partial charge in [0, 0.05) is 12.7 Å². The lowest BCUT2D eigenvalue weighted by Crippen LogP contribution is -2.52. The average Bonchev–Trinajstić information content (AvgIpc) is 2.37. The van der Waals surface area contributed by atoms with Gasteiger partial charge in [0.2, 0.25) is 5.95 Å². The molecule has 1 N–H and O–H groups in total. The van der Waals surface area contributed by atoms with Crippen molar-refractivity contribution in [2.45, 2.75) is 25.8 Å². The van der Waals surface area contributed by atoms with E-state index in [9.17, 15) is 19.1 Å². The number of carbonyl (C=O) groups is 2. The van der Waals surface area contributed by atoms with Crippen LogP contribution in [0.4, 0.5) is 4.39 Å². The summed E-state index contributed by atoms with van der Waals surface area (Å²) in [6.07, 6.45) is 2.72. The summed E-state index contributed by atoms with van der Waals surface area (Å²) in [5, 5.41) is 9.24. The van der Waals surface area contributed by atoms with Crippen LogP contribution in [0.1, 0.15) is 30.1 Å². The van der Waals surface area contributed by atoms with Crippen LogP contribution in [-0.2, 0) is 4.79 Å². The summed E-state index contributed by atoms with van der Waals surface area (Å²) in [6.45, 7) is 2.12. The minimum absolute atomic E-state index is 0.144. The van der Waals surface area contributed by atoms with Gasteiger partial charge in [0.15, 0.2) is 0 Å². The van der Waals surface area contributed by atoms with Gasteiger partial charge in [-0.2, -0.15) is 4.39 Å². The summed E-state index contributed by atoms with van der Waals surface area (Å²) in [5.74, 6) is -2.67. The normalized spacial score (nSPS) is 23.2. The number of halogens is 1.